The van der Waals surface area contributed by atoms with Crippen molar-refractivity contribution in [3.63, 3.8) is 0 Å². The van der Waals surface area contributed by atoms with E-state index in [9.17, 15) is 25.5 Å². The molecule has 0 aliphatic carbocycles. The third kappa shape index (κ3) is 5.32. The number of aliphatic hydroxyl groups excluding tert-OH is 5. The summed E-state index contributed by atoms with van der Waals surface area (Å²) in [5.74, 6) is 0. The van der Waals surface area contributed by atoms with Gasteiger partial charge in [0.05, 0.1) is 18.7 Å². The highest BCUT2D eigenvalue weighted by atomic mass is 16.8. The van der Waals surface area contributed by atoms with Gasteiger partial charge >= 0.3 is 0 Å². The summed E-state index contributed by atoms with van der Waals surface area (Å²) in [6.45, 7) is -0.726. The molecule has 0 spiro atoms. The zero-order valence-electron chi connectivity index (χ0n) is 18.2. The monoisotopic (exact) mass is 484 g/mol. The highest BCUT2D eigenvalue weighted by molar-refractivity contribution is 4.99. The zero-order chi connectivity index (χ0) is 24.4. The Bertz CT molecular complexity index is 622. The van der Waals surface area contributed by atoms with Crippen LogP contribution in [-0.4, -0.2) is 138 Å². The normalized spacial score (nSPS) is 51.1. The lowest BCUT2D eigenvalue weighted by molar-refractivity contribution is -0.337. The smallest absolute Gasteiger partial charge is 0.187 e. The van der Waals surface area contributed by atoms with E-state index in [-0.39, 0.29) is 13.1 Å². The Morgan fingerprint density at radius 2 is 1.21 bits per heavy atom. The van der Waals surface area contributed by atoms with Crippen LogP contribution in [-0.2, 0) is 28.4 Å². The van der Waals surface area contributed by atoms with Crippen molar-refractivity contribution in [1.82, 2.24) is 0 Å². The second-order valence-corrected chi connectivity index (χ2v) is 8.34. The largest absolute Gasteiger partial charge is 0.394 e. The molecule has 33 heavy (non-hydrogen) atoms. The summed E-state index contributed by atoms with van der Waals surface area (Å²) in [5.41, 5.74) is 23.8. The van der Waals surface area contributed by atoms with Crippen molar-refractivity contribution in [3.05, 3.63) is 0 Å². The fraction of sp³-hybridized carbons (Fsp3) is 1.00. The number of rotatable bonds is 8. The van der Waals surface area contributed by atoms with Crippen molar-refractivity contribution < 1.29 is 54.0 Å². The van der Waals surface area contributed by atoms with Gasteiger partial charge in [-0.15, -0.1) is 0 Å². The first-order valence-electron chi connectivity index (χ1n) is 10.7. The van der Waals surface area contributed by atoms with Crippen molar-refractivity contribution in [1.29, 1.82) is 0 Å². The topological polar surface area (TPSA) is 261 Å². The standard InChI is InChI=1S/C18H36N4O11/c1-28-16-9(22)15(33-18-13(27)11(25)7(4-23)31-18)14(6(3-20)30-16)32-17-8(21)12(26)10(24)5(2-19)29-17/h5-18,23-27H,2-4,19-22H2,1H3/t5-,6-,7-,8-,9-,10-,11-,12-,13-,14-,15-,16-,17-,18+/m1/s1. The summed E-state index contributed by atoms with van der Waals surface area (Å²) in [6, 6.07) is -2.14. The molecular formula is C18H36N4O11. The molecular weight excluding hydrogens is 448 g/mol. The molecule has 0 saturated carbocycles. The lowest BCUT2D eigenvalue weighted by Gasteiger charge is -2.48. The average molecular weight is 485 g/mol. The van der Waals surface area contributed by atoms with Gasteiger partial charge in [-0.3, -0.25) is 0 Å². The Balaban J connectivity index is 1.84. The Kier molecular flexibility index (Phi) is 9.35. The number of ether oxygens (including phenoxy) is 6. The van der Waals surface area contributed by atoms with Gasteiger partial charge in [-0.1, -0.05) is 0 Å². The summed E-state index contributed by atoms with van der Waals surface area (Å²) < 4.78 is 34.0. The SMILES string of the molecule is CO[C@@H]1O[C@H](CN)[C@@H](O[C@H]2O[C@H](CN)[C@@H](O)[C@H](O)[C@H]2N)[C@H](O[C@@H]2O[C@H](CO)[C@@H](O)[C@H]2O)[C@H]1N. The molecule has 3 saturated heterocycles. The van der Waals surface area contributed by atoms with Crippen LogP contribution in [0, 0.1) is 0 Å². The lowest BCUT2D eigenvalue weighted by Crippen LogP contribution is -2.69. The maximum atomic E-state index is 10.3. The van der Waals surface area contributed by atoms with Crippen molar-refractivity contribution in [2.45, 2.75) is 85.9 Å². The summed E-state index contributed by atoms with van der Waals surface area (Å²) in [4.78, 5) is 0. The van der Waals surface area contributed by atoms with Crippen LogP contribution in [0.4, 0.5) is 0 Å². The Morgan fingerprint density at radius 1 is 0.667 bits per heavy atom. The maximum absolute atomic E-state index is 10.3. The average Bonchev–Trinajstić information content (AvgIpc) is 3.09. The summed E-state index contributed by atoms with van der Waals surface area (Å²) >= 11 is 0. The van der Waals surface area contributed by atoms with E-state index in [0.29, 0.717) is 0 Å². The zero-order valence-corrected chi connectivity index (χ0v) is 18.2. The molecule has 0 aromatic rings. The maximum Gasteiger partial charge on any atom is 0.187 e. The molecule has 0 radical (unpaired) electrons. The van der Waals surface area contributed by atoms with Crippen molar-refractivity contribution in [2.75, 3.05) is 26.8 Å². The van der Waals surface area contributed by atoms with Crippen molar-refractivity contribution in [2.24, 2.45) is 22.9 Å². The molecule has 14 atom stereocenters. The second kappa shape index (κ2) is 11.4. The van der Waals surface area contributed by atoms with Crippen molar-refractivity contribution >= 4 is 0 Å². The van der Waals surface area contributed by atoms with E-state index < -0.39 is 92.5 Å². The Morgan fingerprint density at radius 3 is 1.76 bits per heavy atom. The van der Waals surface area contributed by atoms with Gasteiger partial charge in [-0.25, -0.2) is 0 Å². The highest BCUT2D eigenvalue weighted by Gasteiger charge is 2.53. The molecule has 3 heterocycles. The van der Waals surface area contributed by atoms with E-state index in [0.717, 1.165) is 0 Å². The summed E-state index contributed by atoms with van der Waals surface area (Å²) in [6.07, 6.45) is -14.2. The van der Waals surface area contributed by atoms with Crippen LogP contribution >= 0.6 is 0 Å². The van der Waals surface area contributed by atoms with Gasteiger partial charge in [-0.2, -0.15) is 0 Å². The van der Waals surface area contributed by atoms with E-state index in [1.54, 1.807) is 0 Å². The molecule has 13 N–H and O–H groups in total. The Labute approximate surface area is 190 Å². The van der Waals surface area contributed by atoms with Gasteiger partial charge < -0.3 is 76.9 Å². The first-order valence-corrected chi connectivity index (χ1v) is 10.7. The van der Waals surface area contributed by atoms with Gasteiger partial charge in [0.25, 0.3) is 0 Å². The van der Waals surface area contributed by atoms with Gasteiger partial charge in [0.1, 0.15) is 54.9 Å². The molecule has 15 heteroatoms. The summed E-state index contributed by atoms with van der Waals surface area (Å²) in [7, 11) is 1.37. The molecule has 3 fully saturated rings. The van der Waals surface area contributed by atoms with E-state index in [2.05, 4.69) is 0 Å². The molecule has 3 rings (SSSR count). The lowest BCUT2D eigenvalue weighted by atomic mass is 9.95. The predicted molar refractivity (Wildman–Crippen MR) is 108 cm³/mol. The van der Waals surface area contributed by atoms with Gasteiger partial charge in [0.2, 0.25) is 0 Å². The van der Waals surface area contributed by atoms with Gasteiger partial charge in [-0.05, 0) is 0 Å². The first kappa shape index (κ1) is 27.0. The molecule has 0 aromatic heterocycles. The van der Waals surface area contributed by atoms with Crippen LogP contribution < -0.4 is 22.9 Å². The van der Waals surface area contributed by atoms with Crippen LogP contribution in [0.2, 0.25) is 0 Å². The third-order valence-corrected chi connectivity index (χ3v) is 6.22. The number of nitrogens with two attached hydrogens (primary N) is 4. The number of methoxy groups -OCH3 is 1. The molecule has 0 bridgehead atoms. The molecule has 0 aromatic carbocycles. The molecule has 3 aliphatic heterocycles. The fourth-order valence-electron chi connectivity index (χ4n) is 4.22. The van der Waals surface area contributed by atoms with E-state index in [1.165, 1.54) is 7.11 Å². The summed E-state index contributed by atoms with van der Waals surface area (Å²) in [5, 5.41) is 50.1. The number of aliphatic hydroxyl groups is 5. The minimum atomic E-state index is -1.48. The first-order chi connectivity index (χ1) is 15.7. The van der Waals surface area contributed by atoms with Gasteiger partial charge in [0, 0.05) is 20.2 Å². The van der Waals surface area contributed by atoms with Crippen LogP contribution in [0.25, 0.3) is 0 Å². The molecule has 194 valence electrons. The number of hydrogen-bond acceptors (Lipinski definition) is 15. The van der Waals surface area contributed by atoms with Gasteiger partial charge in [0.15, 0.2) is 18.9 Å². The minimum absolute atomic E-state index is 0.0689. The van der Waals surface area contributed by atoms with E-state index in [1.807, 2.05) is 0 Å². The fourth-order valence-corrected chi connectivity index (χ4v) is 4.22. The van der Waals surface area contributed by atoms with Crippen molar-refractivity contribution in [3.8, 4) is 0 Å². The van der Waals surface area contributed by atoms with Crippen LogP contribution in [0.1, 0.15) is 0 Å². The molecule has 0 amide bonds. The number of hydrogen-bond donors (Lipinski definition) is 9. The third-order valence-electron chi connectivity index (χ3n) is 6.22. The van der Waals surface area contributed by atoms with E-state index >= 15 is 0 Å². The quantitative estimate of drug-likeness (QED) is 0.155. The minimum Gasteiger partial charge on any atom is -0.394 e. The molecule has 0 unspecified atom stereocenters. The van der Waals surface area contributed by atoms with Crippen LogP contribution in [0.5, 0.6) is 0 Å². The van der Waals surface area contributed by atoms with Crippen LogP contribution in [0.3, 0.4) is 0 Å². The van der Waals surface area contributed by atoms with Crippen LogP contribution in [0.15, 0.2) is 0 Å². The molecule has 3 aliphatic rings. The second-order valence-electron chi connectivity index (χ2n) is 8.34. The molecule has 15 nitrogen and oxygen atoms in total. The van der Waals surface area contributed by atoms with E-state index in [4.69, 9.17) is 51.4 Å². The highest BCUT2D eigenvalue weighted by Crippen LogP contribution is 2.32. The Hall–Kier alpha value is -0.600. The predicted octanol–water partition coefficient (Wildman–Crippen LogP) is -6.41.